The van der Waals surface area contributed by atoms with Gasteiger partial charge < -0.3 is 9.80 Å². The van der Waals surface area contributed by atoms with E-state index < -0.39 is 17.6 Å². The summed E-state index contributed by atoms with van der Waals surface area (Å²) in [6.45, 7) is 2.25. The Balaban J connectivity index is 1.36. The molecule has 0 radical (unpaired) electrons. The van der Waals surface area contributed by atoms with E-state index in [-0.39, 0.29) is 17.4 Å². The number of fused-ring (bicyclic) bond motifs is 1. The average molecular weight is 438 g/mol. The molecule has 5 rings (SSSR count). The lowest BCUT2D eigenvalue weighted by molar-refractivity contribution is -0.138. The lowest BCUT2D eigenvalue weighted by Gasteiger charge is -2.23. The monoisotopic (exact) mass is 438 g/mol. The first-order valence-electron chi connectivity index (χ1n) is 10.5. The molecule has 1 aromatic heterocycles. The summed E-state index contributed by atoms with van der Waals surface area (Å²) in [5, 5.41) is 0. The Morgan fingerprint density at radius 2 is 1.50 bits per heavy atom. The molecule has 3 aromatic rings. The largest absolute Gasteiger partial charge is 0.417 e. The molecule has 0 aliphatic carbocycles. The minimum Gasteiger partial charge on any atom is -0.340 e. The Labute approximate surface area is 183 Å². The molecule has 32 heavy (non-hydrogen) atoms. The van der Waals surface area contributed by atoms with Gasteiger partial charge in [0.2, 0.25) is 5.95 Å². The number of alkyl halides is 3. The molecule has 0 spiro atoms. The number of benzene rings is 2. The van der Waals surface area contributed by atoms with Crippen molar-refractivity contribution in [3.8, 4) is 11.1 Å². The van der Waals surface area contributed by atoms with E-state index in [9.17, 15) is 18.0 Å². The maximum Gasteiger partial charge on any atom is 0.417 e. The second-order valence-corrected chi connectivity index (χ2v) is 8.31. The highest BCUT2D eigenvalue weighted by Crippen LogP contribution is 2.38. The van der Waals surface area contributed by atoms with Gasteiger partial charge in [0.1, 0.15) is 0 Å². The normalized spacial score (nSPS) is 20.5. The molecular weight excluding hydrogens is 417 g/mol. The predicted octanol–water partition coefficient (Wildman–Crippen LogP) is 4.37. The predicted molar refractivity (Wildman–Crippen MR) is 114 cm³/mol. The summed E-state index contributed by atoms with van der Waals surface area (Å²) in [5.74, 6) is 0.478. The lowest BCUT2D eigenvalue weighted by atomic mass is 9.98. The van der Waals surface area contributed by atoms with Gasteiger partial charge >= 0.3 is 6.18 Å². The van der Waals surface area contributed by atoms with Crippen LogP contribution in [0.25, 0.3) is 11.1 Å². The van der Waals surface area contributed by atoms with Crippen molar-refractivity contribution in [2.75, 3.05) is 31.1 Å². The topological polar surface area (TPSA) is 49.3 Å². The third kappa shape index (κ3) is 3.81. The van der Waals surface area contributed by atoms with Crippen LogP contribution in [0.4, 0.5) is 19.1 Å². The molecule has 2 aliphatic heterocycles. The number of likely N-dealkylation sites (tertiary alicyclic amines) is 1. The second-order valence-electron chi connectivity index (χ2n) is 8.31. The summed E-state index contributed by atoms with van der Waals surface area (Å²) >= 11 is 0. The zero-order valence-corrected chi connectivity index (χ0v) is 17.2. The van der Waals surface area contributed by atoms with Gasteiger partial charge in [0, 0.05) is 50.4 Å². The summed E-state index contributed by atoms with van der Waals surface area (Å²) in [6, 6.07) is 14.6. The number of nitrogens with zero attached hydrogens (tertiary/aromatic N) is 4. The smallest absolute Gasteiger partial charge is 0.340 e. The zero-order valence-electron chi connectivity index (χ0n) is 17.2. The summed E-state index contributed by atoms with van der Waals surface area (Å²) in [4.78, 5) is 25.3. The molecule has 2 saturated heterocycles. The molecule has 2 atom stereocenters. The SMILES string of the molecule is O=C(c1ccc(-c2ccccc2)cc1C(F)(F)F)N1CC2CN(c3ncccn3)CC2C1. The molecule has 0 N–H and O–H groups in total. The number of hydrogen-bond acceptors (Lipinski definition) is 4. The van der Waals surface area contributed by atoms with Crippen LogP contribution in [0.15, 0.2) is 67.0 Å². The van der Waals surface area contributed by atoms with Crippen LogP contribution >= 0.6 is 0 Å². The fraction of sp³-hybridized carbons (Fsp3) is 0.292. The fourth-order valence-corrected chi connectivity index (χ4v) is 4.72. The number of carbonyl (C=O) groups is 1. The first-order valence-corrected chi connectivity index (χ1v) is 10.5. The lowest BCUT2D eigenvalue weighted by Crippen LogP contribution is -2.34. The minimum absolute atomic E-state index is 0.195. The van der Waals surface area contributed by atoms with Crippen molar-refractivity contribution in [2.24, 2.45) is 11.8 Å². The van der Waals surface area contributed by atoms with Gasteiger partial charge in [-0.15, -0.1) is 0 Å². The van der Waals surface area contributed by atoms with E-state index in [0.717, 1.165) is 6.07 Å². The van der Waals surface area contributed by atoms with E-state index in [4.69, 9.17) is 0 Å². The Morgan fingerprint density at radius 3 is 2.12 bits per heavy atom. The molecule has 2 aromatic carbocycles. The van der Waals surface area contributed by atoms with Crippen LogP contribution in [0.2, 0.25) is 0 Å². The number of rotatable bonds is 3. The van der Waals surface area contributed by atoms with Gasteiger partial charge in [-0.05, 0) is 29.3 Å². The van der Waals surface area contributed by atoms with Gasteiger partial charge in [0.25, 0.3) is 5.91 Å². The molecule has 164 valence electrons. The third-order valence-electron chi connectivity index (χ3n) is 6.27. The van der Waals surface area contributed by atoms with Crippen LogP contribution in [0, 0.1) is 11.8 Å². The van der Waals surface area contributed by atoms with Gasteiger partial charge in [-0.2, -0.15) is 13.2 Å². The van der Waals surface area contributed by atoms with E-state index in [2.05, 4.69) is 14.9 Å². The van der Waals surface area contributed by atoms with Crippen molar-refractivity contribution in [3.05, 3.63) is 78.1 Å². The van der Waals surface area contributed by atoms with Crippen LogP contribution in [0.3, 0.4) is 0 Å². The molecule has 5 nitrogen and oxygen atoms in total. The van der Waals surface area contributed by atoms with E-state index in [1.807, 2.05) is 0 Å². The van der Waals surface area contributed by atoms with Crippen LogP contribution in [-0.4, -0.2) is 47.0 Å². The summed E-state index contributed by atoms with van der Waals surface area (Å²) < 4.78 is 41.6. The van der Waals surface area contributed by atoms with Crippen molar-refractivity contribution in [3.63, 3.8) is 0 Å². The summed E-state index contributed by atoms with van der Waals surface area (Å²) in [5.41, 5.74) is -0.0668. The van der Waals surface area contributed by atoms with Gasteiger partial charge in [-0.1, -0.05) is 36.4 Å². The first kappa shape index (κ1) is 20.5. The third-order valence-corrected chi connectivity index (χ3v) is 6.27. The molecule has 8 heteroatoms. The maximum atomic E-state index is 13.9. The fourth-order valence-electron chi connectivity index (χ4n) is 4.72. The number of halogens is 3. The van der Waals surface area contributed by atoms with Gasteiger partial charge in [0.05, 0.1) is 11.1 Å². The molecule has 3 heterocycles. The van der Waals surface area contributed by atoms with Crippen molar-refractivity contribution in [2.45, 2.75) is 6.18 Å². The number of anilines is 1. The van der Waals surface area contributed by atoms with E-state index in [1.54, 1.807) is 59.8 Å². The number of aromatic nitrogens is 2. The molecular formula is C24H21F3N4O. The Kier molecular flexibility index (Phi) is 5.07. The number of carbonyl (C=O) groups excluding carboxylic acids is 1. The van der Waals surface area contributed by atoms with Crippen molar-refractivity contribution in [1.82, 2.24) is 14.9 Å². The van der Waals surface area contributed by atoms with Gasteiger partial charge in [0.15, 0.2) is 0 Å². The van der Waals surface area contributed by atoms with Crippen molar-refractivity contribution >= 4 is 11.9 Å². The van der Waals surface area contributed by atoms with Crippen molar-refractivity contribution < 1.29 is 18.0 Å². The quantitative estimate of drug-likeness (QED) is 0.609. The van der Waals surface area contributed by atoms with Gasteiger partial charge in [-0.3, -0.25) is 4.79 Å². The number of amides is 1. The summed E-state index contributed by atoms with van der Waals surface area (Å²) in [6.07, 6.45) is -1.25. The highest BCUT2D eigenvalue weighted by Gasteiger charge is 2.44. The molecule has 0 bridgehead atoms. The molecule has 2 aliphatic rings. The minimum atomic E-state index is -4.62. The summed E-state index contributed by atoms with van der Waals surface area (Å²) in [7, 11) is 0. The van der Waals surface area contributed by atoms with Crippen LogP contribution < -0.4 is 4.90 Å². The Morgan fingerprint density at radius 1 is 0.844 bits per heavy atom. The van der Waals surface area contributed by atoms with Crippen molar-refractivity contribution in [1.29, 1.82) is 0 Å². The van der Waals surface area contributed by atoms with Crippen LogP contribution in [-0.2, 0) is 6.18 Å². The average Bonchev–Trinajstić information content (AvgIpc) is 3.38. The second kappa shape index (κ2) is 7.93. The number of hydrogen-bond donors (Lipinski definition) is 0. The molecule has 1 amide bonds. The Bertz CT molecular complexity index is 1110. The molecule has 2 fully saturated rings. The molecule has 0 saturated carbocycles. The highest BCUT2D eigenvalue weighted by atomic mass is 19.4. The van der Waals surface area contributed by atoms with E-state index in [0.29, 0.717) is 43.3 Å². The van der Waals surface area contributed by atoms with Gasteiger partial charge in [-0.25, -0.2) is 9.97 Å². The molecule has 2 unspecified atom stereocenters. The Hall–Kier alpha value is -3.42. The van der Waals surface area contributed by atoms with Crippen LogP contribution in [0.1, 0.15) is 15.9 Å². The zero-order chi connectivity index (χ0) is 22.3. The first-order chi connectivity index (χ1) is 15.4. The maximum absolute atomic E-state index is 13.9. The van der Waals surface area contributed by atoms with Crippen LogP contribution in [0.5, 0.6) is 0 Å². The van der Waals surface area contributed by atoms with E-state index >= 15 is 0 Å². The standard InChI is InChI=1S/C24H21F3N4O/c25-24(26,27)21-11-17(16-5-2-1-3-6-16)7-8-20(21)22(32)30-12-18-14-31(15-19(18)13-30)23-28-9-4-10-29-23/h1-11,18-19H,12-15H2. The van der Waals surface area contributed by atoms with E-state index in [1.165, 1.54) is 6.07 Å². The highest BCUT2D eigenvalue weighted by molar-refractivity contribution is 5.97.